The second kappa shape index (κ2) is 3.81. The summed E-state index contributed by atoms with van der Waals surface area (Å²) in [5.41, 5.74) is 1.20. The summed E-state index contributed by atoms with van der Waals surface area (Å²) in [5.74, 6) is -0.478. The highest BCUT2D eigenvalue weighted by molar-refractivity contribution is 9.08. The lowest BCUT2D eigenvalue weighted by atomic mass is 10.1. The average molecular weight is 231 g/mol. The maximum Gasteiger partial charge on any atom is 0.159 e. The summed E-state index contributed by atoms with van der Waals surface area (Å²) in [4.78, 5) is 10.9. The number of alkyl halides is 1. The van der Waals surface area contributed by atoms with E-state index in [1.54, 1.807) is 6.07 Å². The monoisotopic (exact) mass is 230 g/mol. The number of ketones is 1. The van der Waals surface area contributed by atoms with Crippen molar-refractivity contribution in [1.29, 1.82) is 0 Å². The van der Waals surface area contributed by atoms with Crippen molar-refractivity contribution in [2.45, 2.75) is 12.3 Å². The molecule has 0 radical (unpaired) electrons. The van der Waals surface area contributed by atoms with E-state index in [1.165, 1.54) is 19.1 Å². The molecule has 0 atom stereocenters. The third-order valence-corrected chi connectivity index (χ3v) is 2.17. The molecule has 0 fully saturated rings. The molecule has 0 heterocycles. The zero-order valence-corrected chi connectivity index (χ0v) is 8.19. The van der Waals surface area contributed by atoms with Gasteiger partial charge < -0.3 is 0 Å². The molecule has 0 aromatic heterocycles. The smallest absolute Gasteiger partial charge is 0.159 e. The molecule has 0 saturated carbocycles. The summed E-state index contributed by atoms with van der Waals surface area (Å²) in [6.45, 7) is 1.42. The topological polar surface area (TPSA) is 17.1 Å². The first-order chi connectivity index (χ1) is 5.63. The van der Waals surface area contributed by atoms with Gasteiger partial charge in [-0.3, -0.25) is 4.79 Å². The van der Waals surface area contributed by atoms with Crippen molar-refractivity contribution >= 4 is 21.7 Å². The van der Waals surface area contributed by atoms with Crippen molar-refractivity contribution in [3.8, 4) is 0 Å². The van der Waals surface area contributed by atoms with Crippen molar-refractivity contribution in [2.24, 2.45) is 0 Å². The number of halogens is 2. The van der Waals surface area contributed by atoms with Gasteiger partial charge in [-0.25, -0.2) is 4.39 Å². The fraction of sp³-hybridized carbons (Fsp3) is 0.222. The van der Waals surface area contributed by atoms with Crippen LogP contribution in [0.1, 0.15) is 22.8 Å². The minimum Gasteiger partial charge on any atom is -0.295 e. The summed E-state index contributed by atoms with van der Waals surface area (Å²) in [5, 5.41) is 0.561. The van der Waals surface area contributed by atoms with Crippen LogP contribution >= 0.6 is 15.9 Å². The van der Waals surface area contributed by atoms with E-state index in [-0.39, 0.29) is 11.6 Å². The zero-order chi connectivity index (χ0) is 9.14. The molecule has 12 heavy (non-hydrogen) atoms. The van der Waals surface area contributed by atoms with Crippen molar-refractivity contribution < 1.29 is 9.18 Å². The van der Waals surface area contributed by atoms with Crippen LogP contribution in [0.3, 0.4) is 0 Å². The fourth-order valence-corrected chi connectivity index (χ4v) is 1.25. The van der Waals surface area contributed by atoms with E-state index in [2.05, 4.69) is 15.9 Å². The Morgan fingerprint density at radius 3 is 2.67 bits per heavy atom. The Morgan fingerprint density at radius 2 is 2.17 bits per heavy atom. The first kappa shape index (κ1) is 9.39. The van der Waals surface area contributed by atoms with Crippen LogP contribution < -0.4 is 0 Å². The number of carbonyl (C=O) groups excluding carboxylic acids is 1. The van der Waals surface area contributed by atoms with E-state index in [0.29, 0.717) is 10.9 Å². The molecule has 3 heteroatoms. The lowest BCUT2D eigenvalue weighted by Crippen LogP contribution is -1.94. The molecule has 0 amide bonds. The van der Waals surface area contributed by atoms with Crippen molar-refractivity contribution in [1.82, 2.24) is 0 Å². The van der Waals surface area contributed by atoms with Crippen LogP contribution in [0.5, 0.6) is 0 Å². The van der Waals surface area contributed by atoms with Crippen LogP contribution in [-0.4, -0.2) is 5.78 Å². The molecule has 0 N–H and O–H groups in total. The first-order valence-corrected chi connectivity index (χ1v) is 4.62. The van der Waals surface area contributed by atoms with Gasteiger partial charge in [0, 0.05) is 10.9 Å². The molecular weight excluding hydrogens is 223 g/mol. The number of rotatable bonds is 2. The highest BCUT2D eigenvalue weighted by atomic mass is 79.9. The van der Waals surface area contributed by atoms with Gasteiger partial charge in [0.25, 0.3) is 0 Å². The van der Waals surface area contributed by atoms with Gasteiger partial charge in [-0.1, -0.05) is 15.9 Å². The fourth-order valence-electron chi connectivity index (χ4n) is 0.931. The molecule has 0 spiro atoms. The maximum atomic E-state index is 12.8. The quantitative estimate of drug-likeness (QED) is 0.564. The summed E-state index contributed by atoms with van der Waals surface area (Å²) >= 11 is 3.20. The van der Waals surface area contributed by atoms with Crippen molar-refractivity contribution in [2.75, 3.05) is 0 Å². The Balaban J connectivity index is 3.15. The molecule has 0 saturated heterocycles. The van der Waals surface area contributed by atoms with Gasteiger partial charge in [0.05, 0.1) is 0 Å². The summed E-state index contributed by atoms with van der Waals surface area (Å²) in [6.07, 6.45) is 0. The number of Topliss-reactive ketones (excluding diaryl/α,β-unsaturated/α-hetero) is 1. The normalized spacial score (nSPS) is 9.92. The molecule has 1 rings (SSSR count). The van der Waals surface area contributed by atoms with Crippen LogP contribution in [0.25, 0.3) is 0 Å². The molecular formula is C9H8BrFO. The highest BCUT2D eigenvalue weighted by Gasteiger charge is 2.03. The van der Waals surface area contributed by atoms with E-state index in [0.717, 1.165) is 5.56 Å². The molecule has 0 aliphatic heterocycles. The predicted octanol–water partition coefficient (Wildman–Crippen LogP) is 2.92. The third kappa shape index (κ3) is 2.14. The van der Waals surface area contributed by atoms with Crippen LogP contribution in [0.4, 0.5) is 4.39 Å². The molecule has 64 valence electrons. The van der Waals surface area contributed by atoms with Gasteiger partial charge in [0.15, 0.2) is 5.78 Å². The Kier molecular flexibility index (Phi) is 2.98. The number of carbonyl (C=O) groups is 1. The minimum absolute atomic E-state index is 0.114. The molecule has 0 aliphatic carbocycles. The van der Waals surface area contributed by atoms with Crippen LogP contribution in [-0.2, 0) is 5.33 Å². The summed E-state index contributed by atoms with van der Waals surface area (Å²) in [7, 11) is 0. The second-order valence-electron chi connectivity index (χ2n) is 2.54. The predicted molar refractivity (Wildman–Crippen MR) is 49.0 cm³/mol. The van der Waals surface area contributed by atoms with E-state index in [4.69, 9.17) is 0 Å². The zero-order valence-electron chi connectivity index (χ0n) is 6.60. The van der Waals surface area contributed by atoms with Gasteiger partial charge in [0.2, 0.25) is 0 Å². The Labute approximate surface area is 78.7 Å². The number of hydrogen-bond donors (Lipinski definition) is 0. The highest BCUT2D eigenvalue weighted by Crippen LogP contribution is 2.12. The molecule has 1 aromatic carbocycles. The van der Waals surface area contributed by atoms with E-state index < -0.39 is 0 Å². The summed E-state index contributed by atoms with van der Waals surface area (Å²) in [6, 6.07) is 4.33. The molecule has 0 unspecified atom stereocenters. The standard InChI is InChI=1S/C9H8BrFO/c1-6(12)8-2-7(5-10)3-9(11)4-8/h2-4H,5H2,1H3. The lowest BCUT2D eigenvalue weighted by molar-refractivity contribution is 0.101. The molecule has 1 aromatic rings. The largest absolute Gasteiger partial charge is 0.295 e. The number of benzene rings is 1. The van der Waals surface area contributed by atoms with Gasteiger partial charge in [0.1, 0.15) is 5.82 Å². The van der Waals surface area contributed by atoms with Crippen LogP contribution in [0.15, 0.2) is 18.2 Å². The average Bonchev–Trinajstić information content (AvgIpc) is 2.03. The third-order valence-electron chi connectivity index (χ3n) is 1.52. The van der Waals surface area contributed by atoms with Gasteiger partial charge >= 0.3 is 0 Å². The van der Waals surface area contributed by atoms with E-state index >= 15 is 0 Å². The van der Waals surface area contributed by atoms with E-state index in [9.17, 15) is 9.18 Å². The van der Waals surface area contributed by atoms with Crippen molar-refractivity contribution in [3.63, 3.8) is 0 Å². The minimum atomic E-state index is -0.364. The maximum absolute atomic E-state index is 12.8. The Bertz CT molecular complexity index is 309. The Hall–Kier alpha value is -0.700. The number of hydrogen-bond acceptors (Lipinski definition) is 1. The molecule has 0 bridgehead atoms. The summed E-state index contributed by atoms with van der Waals surface area (Å²) < 4.78 is 12.8. The first-order valence-electron chi connectivity index (χ1n) is 3.50. The Morgan fingerprint density at radius 1 is 1.50 bits per heavy atom. The van der Waals surface area contributed by atoms with Crippen LogP contribution in [0, 0.1) is 5.82 Å². The van der Waals surface area contributed by atoms with Crippen molar-refractivity contribution in [3.05, 3.63) is 35.1 Å². The molecule has 1 nitrogen and oxygen atoms in total. The lowest BCUT2D eigenvalue weighted by Gasteiger charge is -1.99. The van der Waals surface area contributed by atoms with Gasteiger partial charge in [-0.2, -0.15) is 0 Å². The SMILES string of the molecule is CC(=O)c1cc(F)cc(CBr)c1. The van der Waals surface area contributed by atoms with Gasteiger partial charge in [-0.15, -0.1) is 0 Å². The van der Waals surface area contributed by atoms with E-state index in [1.807, 2.05) is 0 Å². The second-order valence-corrected chi connectivity index (χ2v) is 3.10. The van der Waals surface area contributed by atoms with Gasteiger partial charge in [-0.05, 0) is 30.7 Å². The molecule has 0 aliphatic rings. The van der Waals surface area contributed by atoms with Crippen LogP contribution in [0.2, 0.25) is 0 Å².